The van der Waals surface area contributed by atoms with Crippen LogP contribution in [0.5, 0.6) is 0 Å². The Morgan fingerprint density at radius 2 is 1.50 bits per heavy atom. The monoisotopic (exact) mass is 223 g/mol. The summed E-state index contributed by atoms with van der Waals surface area (Å²) in [5, 5.41) is 3.65. The van der Waals surface area contributed by atoms with Crippen molar-refractivity contribution in [3.05, 3.63) is 0 Å². The summed E-state index contributed by atoms with van der Waals surface area (Å²) in [6.45, 7) is 4.87. The predicted octanol–water partition coefficient (Wildman–Crippen LogP) is 3.84. The average molecular weight is 223 g/mol. The van der Waals surface area contributed by atoms with Gasteiger partial charge >= 0.3 is 0 Å². The lowest BCUT2D eigenvalue weighted by atomic mass is 9.74. The summed E-state index contributed by atoms with van der Waals surface area (Å²) in [4.78, 5) is 0. The van der Waals surface area contributed by atoms with Crippen molar-refractivity contribution in [2.45, 2.75) is 64.8 Å². The van der Waals surface area contributed by atoms with Gasteiger partial charge in [-0.15, -0.1) is 0 Å². The third-order valence-electron chi connectivity index (χ3n) is 5.06. The fourth-order valence-electron chi connectivity index (χ4n) is 4.24. The number of nitrogens with one attached hydrogen (secondary N) is 1. The third kappa shape index (κ3) is 2.80. The van der Waals surface area contributed by atoms with Gasteiger partial charge in [0.15, 0.2) is 0 Å². The SMILES string of the molecule is CNC(C1CCCC(C)C1)C1CCC(C)C1. The van der Waals surface area contributed by atoms with Gasteiger partial charge in [0, 0.05) is 6.04 Å². The van der Waals surface area contributed by atoms with Crippen LogP contribution in [-0.2, 0) is 0 Å². The Kier molecular flexibility index (Phi) is 4.29. The quantitative estimate of drug-likeness (QED) is 0.766. The van der Waals surface area contributed by atoms with Gasteiger partial charge in [0.1, 0.15) is 0 Å². The zero-order chi connectivity index (χ0) is 11.5. The van der Waals surface area contributed by atoms with Crippen LogP contribution in [0.15, 0.2) is 0 Å². The molecule has 2 aliphatic carbocycles. The van der Waals surface area contributed by atoms with Gasteiger partial charge in [-0.2, -0.15) is 0 Å². The van der Waals surface area contributed by atoms with Gasteiger partial charge in [-0.3, -0.25) is 0 Å². The maximum Gasteiger partial charge on any atom is 0.0121 e. The molecule has 2 saturated carbocycles. The molecule has 0 spiro atoms. The lowest BCUT2D eigenvalue weighted by Gasteiger charge is -2.36. The van der Waals surface area contributed by atoms with Crippen LogP contribution < -0.4 is 5.32 Å². The maximum absolute atomic E-state index is 3.65. The molecule has 5 atom stereocenters. The van der Waals surface area contributed by atoms with Crippen molar-refractivity contribution in [3.63, 3.8) is 0 Å². The zero-order valence-electron chi connectivity index (χ0n) is 11.3. The van der Waals surface area contributed by atoms with Crippen LogP contribution in [0, 0.1) is 23.7 Å². The second-order valence-corrected chi connectivity index (χ2v) is 6.52. The lowest BCUT2D eigenvalue weighted by Crippen LogP contribution is -2.41. The second-order valence-electron chi connectivity index (χ2n) is 6.52. The normalized spacial score (nSPS) is 42.2. The van der Waals surface area contributed by atoms with Crippen LogP contribution in [0.3, 0.4) is 0 Å². The molecular formula is C15H29N. The maximum atomic E-state index is 3.65. The summed E-state index contributed by atoms with van der Waals surface area (Å²) in [5.74, 6) is 3.87. The molecule has 2 aliphatic rings. The predicted molar refractivity (Wildman–Crippen MR) is 70.5 cm³/mol. The van der Waals surface area contributed by atoms with Gasteiger partial charge in [0.2, 0.25) is 0 Å². The van der Waals surface area contributed by atoms with Crippen LogP contribution in [0.4, 0.5) is 0 Å². The molecule has 0 aromatic carbocycles. The number of hydrogen-bond donors (Lipinski definition) is 1. The average Bonchev–Trinajstić information content (AvgIpc) is 2.66. The molecule has 2 rings (SSSR count). The van der Waals surface area contributed by atoms with Gasteiger partial charge < -0.3 is 5.32 Å². The molecule has 2 fully saturated rings. The van der Waals surface area contributed by atoms with E-state index in [2.05, 4.69) is 26.2 Å². The minimum atomic E-state index is 0.813. The molecule has 16 heavy (non-hydrogen) atoms. The molecule has 0 amide bonds. The highest BCUT2D eigenvalue weighted by Crippen LogP contribution is 2.39. The summed E-state index contributed by atoms with van der Waals surface area (Å²) in [7, 11) is 2.19. The van der Waals surface area contributed by atoms with Gasteiger partial charge in [0.05, 0.1) is 0 Å². The van der Waals surface area contributed by atoms with E-state index >= 15 is 0 Å². The molecule has 5 unspecified atom stereocenters. The van der Waals surface area contributed by atoms with Crippen molar-refractivity contribution in [1.82, 2.24) is 5.32 Å². The molecular weight excluding hydrogens is 194 g/mol. The summed E-state index contributed by atoms with van der Waals surface area (Å²) in [6.07, 6.45) is 10.3. The number of hydrogen-bond acceptors (Lipinski definition) is 1. The molecule has 1 N–H and O–H groups in total. The Morgan fingerprint density at radius 1 is 0.875 bits per heavy atom. The first-order valence-electron chi connectivity index (χ1n) is 7.38. The van der Waals surface area contributed by atoms with E-state index < -0.39 is 0 Å². The minimum absolute atomic E-state index is 0.813. The molecule has 0 radical (unpaired) electrons. The van der Waals surface area contributed by atoms with Gasteiger partial charge in [0.25, 0.3) is 0 Å². The van der Waals surface area contributed by atoms with E-state index in [1.165, 1.54) is 44.9 Å². The van der Waals surface area contributed by atoms with Gasteiger partial charge in [-0.25, -0.2) is 0 Å². The fraction of sp³-hybridized carbons (Fsp3) is 1.00. The first kappa shape index (κ1) is 12.4. The summed E-state index contributed by atoms with van der Waals surface area (Å²) < 4.78 is 0. The fourth-order valence-corrected chi connectivity index (χ4v) is 4.24. The highest BCUT2D eigenvalue weighted by molar-refractivity contribution is 4.89. The Morgan fingerprint density at radius 3 is 2.06 bits per heavy atom. The molecule has 0 aromatic rings. The van der Waals surface area contributed by atoms with E-state index in [1.807, 2.05) is 0 Å². The standard InChI is InChI=1S/C15H29N/c1-11-5-4-6-13(9-11)15(16-3)14-8-7-12(2)10-14/h11-16H,4-10H2,1-3H3. The minimum Gasteiger partial charge on any atom is -0.316 e. The van der Waals surface area contributed by atoms with Crippen LogP contribution >= 0.6 is 0 Å². The summed E-state index contributed by atoms with van der Waals surface area (Å²) in [5.41, 5.74) is 0. The van der Waals surface area contributed by atoms with E-state index in [-0.39, 0.29) is 0 Å². The third-order valence-corrected chi connectivity index (χ3v) is 5.06. The molecule has 0 heterocycles. The van der Waals surface area contributed by atoms with E-state index in [1.54, 1.807) is 0 Å². The molecule has 0 saturated heterocycles. The highest BCUT2D eigenvalue weighted by atomic mass is 14.9. The van der Waals surface area contributed by atoms with Crippen molar-refractivity contribution in [1.29, 1.82) is 0 Å². The van der Waals surface area contributed by atoms with Crippen LogP contribution in [0.1, 0.15) is 58.8 Å². The first-order chi connectivity index (χ1) is 7.70. The van der Waals surface area contributed by atoms with Gasteiger partial charge in [-0.05, 0) is 56.4 Å². The number of rotatable bonds is 3. The second kappa shape index (κ2) is 5.53. The van der Waals surface area contributed by atoms with Crippen molar-refractivity contribution in [3.8, 4) is 0 Å². The van der Waals surface area contributed by atoms with Crippen LogP contribution in [-0.4, -0.2) is 13.1 Å². The van der Waals surface area contributed by atoms with E-state index in [0.717, 1.165) is 29.7 Å². The lowest BCUT2D eigenvalue weighted by molar-refractivity contribution is 0.182. The molecule has 1 heteroatoms. The van der Waals surface area contributed by atoms with Gasteiger partial charge in [-0.1, -0.05) is 33.1 Å². The van der Waals surface area contributed by atoms with Crippen molar-refractivity contribution < 1.29 is 0 Å². The largest absolute Gasteiger partial charge is 0.316 e. The molecule has 0 aliphatic heterocycles. The Hall–Kier alpha value is -0.0400. The van der Waals surface area contributed by atoms with Crippen molar-refractivity contribution in [2.24, 2.45) is 23.7 Å². The topological polar surface area (TPSA) is 12.0 Å². The Labute approximate surface area is 101 Å². The van der Waals surface area contributed by atoms with Crippen LogP contribution in [0.2, 0.25) is 0 Å². The van der Waals surface area contributed by atoms with Crippen LogP contribution in [0.25, 0.3) is 0 Å². The smallest absolute Gasteiger partial charge is 0.0121 e. The van der Waals surface area contributed by atoms with E-state index in [4.69, 9.17) is 0 Å². The zero-order valence-corrected chi connectivity index (χ0v) is 11.3. The summed E-state index contributed by atoms with van der Waals surface area (Å²) >= 11 is 0. The Balaban J connectivity index is 1.93. The molecule has 94 valence electrons. The van der Waals surface area contributed by atoms with E-state index in [0.29, 0.717) is 0 Å². The Bertz CT molecular complexity index is 213. The van der Waals surface area contributed by atoms with E-state index in [9.17, 15) is 0 Å². The first-order valence-corrected chi connectivity index (χ1v) is 7.38. The molecule has 1 nitrogen and oxygen atoms in total. The summed E-state index contributed by atoms with van der Waals surface area (Å²) in [6, 6.07) is 0.813. The van der Waals surface area contributed by atoms with Crippen molar-refractivity contribution in [2.75, 3.05) is 7.05 Å². The molecule has 0 bridgehead atoms. The highest BCUT2D eigenvalue weighted by Gasteiger charge is 2.34. The van der Waals surface area contributed by atoms with Crippen molar-refractivity contribution >= 4 is 0 Å². The molecule has 0 aromatic heterocycles.